The summed E-state index contributed by atoms with van der Waals surface area (Å²) in [6.45, 7) is 4.83. The van der Waals surface area contributed by atoms with Gasteiger partial charge in [-0.15, -0.1) is 10.2 Å². The molecule has 0 N–H and O–H groups in total. The van der Waals surface area contributed by atoms with E-state index in [9.17, 15) is 14.0 Å². The van der Waals surface area contributed by atoms with E-state index in [4.69, 9.17) is 0 Å². The molecule has 1 aromatic carbocycles. The van der Waals surface area contributed by atoms with Crippen LogP contribution in [0.3, 0.4) is 0 Å². The van der Waals surface area contributed by atoms with Crippen molar-refractivity contribution >= 4 is 23.8 Å². The Labute approximate surface area is 168 Å². The topological polar surface area (TPSA) is 72.9 Å². The third-order valence-electron chi connectivity index (χ3n) is 5.42. The minimum Gasteiger partial charge on any atom is -0.366 e. The Bertz CT molecular complexity index is 862. The second-order valence-corrected chi connectivity index (χ2v) is 7.14. The Morgan fingerprint density at radius 1 is 0.862 bits per heavy atom. The standard InChI is InChI=1S/C20H23FN6O2/c21-16-3-1-2-4-18(16)25-11-13-27(14-12-25)20(29)17-5-6-19(23-22-17)26-9-7-24(15-28)8-10-26/h1-6,15H,7-14H2. The van der Waals surface area contributed by atoms with Crippen LogP contribution in [0.5, 0.6) is 0 Å². The van der Waals surface area contributed by atoms with Gasteiger partial charge in [-0.3, -0.25) is 9.59 Å². The van der Waals surface area contributed by atoms with Gasteiger partial charge in [-0.2, -0.15) is 0 Å². The molecule has 0 radical (unpaired) electrons. The second kappa shape index (κ2) is 8.42. The van der Waals surface area contributed by atoms with E-state index in [1.807, 2.05) is 11.0 Å². The van der Waals surface area contributed by atoms with Crippen molar-refractivity contribution in [2.75, 3.05) is 62.2 Å². The Morgan fingerprint density at radius 2 is 1.55 bits per heavy atom. The van der Waals surface area contributed by atoms with Crippen molar-refractivity contribution in [3.8, 4) is 0 Å². The summed E-state index contributed by atoms with van der Waals surface area (Å²) in [7, 11) is 0. The molecule has 0 unspecified atom stereocenters. The summed E-state index contributed by atoms with van der Waals surface area (Å²) in [5.74, 6) is 0.294. The van der Waals surface area contributed by atoms with Gasteiger partial charge in [-0.05, 0) is 24.3 Å². The molecule has 0 atom stereocenters. The quantitative estimate of drug-likeness (QED) is 0.712. The predicted octanol–water partition coefficient (Wildman–Crippen LogP) is 0.856. The fraction of sp³-hybridized carbons (Fsp3) is 0.400. The molecule has 2 aliphatic rings. The van der Waals surface area contributed by atoms with E-state index in [-0.39, 0.29) is 11.7 Å². The summed E-state index contributed by atoms with van der Waals surface area (Å²) in [6, 6.07) is 10.2. The van der Waals surface area contributed by atoms with Gasteiger partial charge in [0, 0.05) is 52.4 Å². The zero-order valence-corrected chi connectivity index (χ0v) is 16.1. The van der Waals surface area contributed by atoms with Crippen molar-refractivity contribution in [1.29, 1.82) is 0 Å². The van der Waals surface area contributed by atoms with E-state index in [0.717, 1.165) is 6.41 Å². The van der Waals surface area contributed by atoms with E-state index in [1.54, 1.807) is 34.1 Å². The Balaban J connectivity index is 1.34. The van der Waals surface area contributed by atoms with E-state index in [0.29, 0.717) is 69.6 Å². The van der Waals surface area contributed by atoms with Gasteiger partial charge in [-0.25, -0.2) is 4.39 Å². The van der Waals surface area contributed by atoms with Crippen LogP contribution in [-0.4, -0.2) is 84.7 Å². The van der Waals surface area contributed by atoms with Gasteiger partial charge in [0.05, 0.1) is 5.69 Å². The number of para-hydroxylation sites is 1. The lowest BCUT2D eigenvalue weighted by Gasteiger charge is -2.36. The Hall–Kier alpha value is -3.23. The minimum atomic E-state index is -0.247. The molecule has 0 saturated carbocycles. The Morgan fingerprint density at radius 3 is 2.17 bits per heavy atom. The molecule has 2 aromatic rings. The molecule has 0 spiro atoms. The van der Waals surface area contributed by atoms with Gasteiger partial charge in [0.25, 0.3) is 5.91 Å². The molecule has 152 valence electrons. The smallest absolute Gasteiger partial charge is 0.274 e. The number of amides is 2. The monoisotopic (exact) mass is 398 g/mol. The molecular weight excluding hydrogens is 375 g/mol. The molecule has 2 saturated heterocycles. The number of aromatic nitrogens is 2. The highest BCUT2D eigenvalue weighted by atomic mass is 19.1. The van der Waals surface area contributed by atoms with Gasteiger partial charge in [0.1, 0.15) is 5.82 Å². The zero-order chi connectivity index (χ0) is 20.2. The highest BCUT2D eigenvalue weighted by Gasteiger charge is 2.25. The summed E-state index contributed by atoms with van der Waals surface area (Å²) in [5.41, 5.74) is 0.873. The first-order chi connectivity index (χ1) is 14.2. The largest absolute Gasteiger partial charge is 0.366 e. The third kappa shape index (κ3) is 4.13. The fourth-order valence-electron chi connectivity index (χ4n) is 3.69. The first kappa shape index (κ1) is 19.1. The molecule has 2 amide bonds. The van der Waals surface area contributed by atoms with E-state index in [1.165, 1.54) is 6.07 Å². The maximum absolute atomic E-state index is 14.0. The highest BCUT2D eigenvalue weighted by Crippen LogP contribution is 2.21. The van der Waals surface area contributed by atoms with Crippen LogP contribution in [0.25, 0.3) is 0 Å². The van der Waals surface area contributed by atoms with Gasteiger partial charge < -0.3 is 19.6 Å². The highest BCUT2D eigenvalue weighted by molar-refractivity contribution is 5.92. The van der Waals surface area contributed by atoms with Crippen molar-refractivity contribution in [1.82, 2.24) is 20.0 Å². The molecule has 29 heavy (non-hydrogen) atoms. The van der Waals surface area contributed by atoms with E-state index in [2.05, 4.69) is 15.1 Å². The van der Waals surface area contributed by atoms with E-state index >= 15 is 0 Å². The first-order valence-electron chi connectivity index (χ1n) is 9.72. The molecule has 9 heteroatoms. The molecule has 0 bridgehead atoms. The first-order valence-corrected chi connectivity index (χ1v) is 9.72. The normalized spacial score (nSPS) is 17.4. The molecule has 2 fully saturated rings. The summed E-state index contributed by atoms with van der Waals surface area (Å²) in [4.78, 5) is 31.0. The fourth-order valence-corrected chi connectivity index (χ4v) is 3.69. The lowest BCUT2D eigenvalue weighted by molar-refractivity contribution is -0.118. The van der Waals surface area contributed by atoms with Crippen LogP contribution in [0.1, 0.15) is 10.5 Å². The van der Waals surface area contributed by atoms with E-state index < -0.39 is 0 Å². The Kier molecular flexibility index (Phi) is 5.55. The van der Waals surface area contributed by atoms with Crippen LogP contribution >= 0.6 is 0 Å². The number of carbonyl (C=O) groups is 2. The van der Waals surface area contributed by atoms with Gasteiger partial charge in [0.2, 0.25) is 6.41 Å². The van der Waals surface area contributed by atoms with Crippen molar-refractivity contribution in [2.24, 2.45) is 0 Å². The molecule has 0 aliphatic carbocycles. The number of halogens is 1. The van der Waals surface area contributed by atoms with Crippen LogP contribution < -0.4 is 9.80 Å². The molecule has 3 heterocycles. The van der Waals surface area contributed by atoms with Gasteiger partial charge in [-0.1, -0.05) is 12.1 Å². The van der Waals surface area contributed by atoms with Gasteiger partial charge >= 0.3 is 0 Å². The van der Waals surface area contributed by atoms with Crippen molar-refractivity contribution in [3.05, 3.63) is 47.9 Å². The summed E-state index contributed by atoms with van der Waals surface area (Å²) < 4.78 is 14.0. The number of rotatable bonds is 4. The lowest BCUT2D eigenvalue weighted by atomic mass is 10.2. The number of anilines is 2. The molecule has 1 aromatic heterocycles. The van der Waals surface area contributed by atoms with Crippen molar-refractivity contribution in [3.63, 3.8) is 0 Å². The lowest BCUT2D eigenvalue weighted by Crippen LogP contribution is -2.49. The summed E-state index contributed by atoms with van der Waals surface area (Å²) in [5, 5.41) is 8.32. The molecule has 2 aliphatic heterocycles. The number of nitrogens with zero attached hydrogens (tertiary/aromatic N) is 6. The maximum atomic E-state index is 14.0. The van der Waals surface area contributed by atoms with Crippen LogP contribution in [0, 0.1) is 5.82 Å². The number of piperazine rings is 2. The molecular formula is C20H23FN6O2. The molecule has 4 rings (SSSR count). The number of benzene rings is 1. The maximum Gasteiger partial charge on any atom is 0.274 e. The number of hydrogen-bond donors (Lipinski definition) is 0. The summed E-state index contributed by atoms with van der Waals surface area (Å²) in [6.07, 6.45) is 0.858. The van der Waals surface area contributed by atoms with Crippen LogP contribution in [-0.2, 0) is 4.79 Å². The van der Waals surface area contributed by atoms with Crippen LogP contribution in [0.4, 0.5) is 15.9 Å². The average molecular weight is 398 g/mol. The van der Waals surface area contributed by atoms with Crippen molar-refractivity contribution < 1.29 is 14.0 Å². The third-order valence-corrected chi connectivity index (χ3v) is 5.42. The van der Waals surface area contributed by atoms with Gasteiger partial charge in [0.15, 0.2) is 11.5 Å². The number of carbonyl (C=O) groups excluding carboxylic acids is 2. The second-order valence-electron chi connectivity index (χ2n) is 7.14. The number of hydrogen-bond acceptors (Lipinski definition) is 6. The van der Waals surface area contributed by atoms with Crippen LogP contribution in [0.2, 0.25) is 0 Å². The molecule has 8 nitrogen and oxygen atoms in total. The predicted molar refractivity (Wildman–Crippen MR) is 106 cm³/mol. The van der Waals surface area contributed by atoms with Crippen LogP contribution in [0.15, 0.2) is 36.4 Å². The minimum absolute atomic E-state index is 0.164. The average Bonchev–Trinajstić information content (AvgIpc) is 2.79. The van der Waals surface area contributed by atoms with Crippen molar-refractivity contribution in [2.45, 2.75) is 0 Å². The zero-order valence-electron chi connectivity index (χ0n) is 16.1. The summed E-state index contributed by atoms with van der Waals surface area (Å²) >= 11 is 0. The SMILES string of the molecule is O=CN1CCN(c2ccc(C(=O)N3CCN(c4ccccc4F)CC3)nn2)CC1.